The van der Waals surface area contributed by atoms with E-state index in [0.29, 0.717) is 11.0 Å². The van der Waals surface area contributed by atoms with Gasteiger partial charge in [-0.1, -0.05) is 36.7 Å². The minimum absolute atomic E-state index is 0.278. The maximum absolute atomic E-state index is 12.4. The summed E-state index contributed by atoms with van der Waals surface area (Å²) in [4.78, 5) is 20.8. The van der Waals surface area contributed by atoms with Crippen molar-refractivity contribution < 1.29 is 4.79 Å². The molecule has 0 saturated heterocycles. The number of rotatable bonds is 5. The fourth-order valence-corrected chi connectivity index (χ4v) is 2.54. The van der Waals surface area contributed by atoms with Crippen LogP contribution in [0, 0.1) is 6.92 Å². The lowest BCUT2D eigenvalue weighted by Gasteiger charge is -2.09. The molecule has 0 bridgehead atoms. The van der Waals surface area contributed by atoms with Gasteiger partial charge in [-0.15, -0.1) is 0 Å². The number of benzene rings is 2. The van der Waals surface area contributed by atoms with Crippen LogP contribution < -0.4 is 10.6 Å². The SMILES string of the molecule is CCc1ccc(NC(=O)c2ccnc(Nc3ccc(C)c(Cl)c3)n2)cc1. The maximum atomic E-state index is 12.4. The quantitative estimate of drug-likeness (QED) is 0.667. The molecule has 1 heterocycles. The molecule has 2 aromatic carbocycles. The van der Waals surface area contributed by atoms with E-state index in [4.69, 9.17) is 11.6 Å². The van der Waals surface area contributed by atoms with Crippen molar-refractivity contribution in [1.29, 1.82) is 0 Å². The van der Waals surface area contributed by atoms with Crippen LogP contribution in [0.4, 0.5) is 17.3 Å². The third-order valence-electron chi connectivity index (χ3n) is 3.94. The molecule has 0 spiro atoms. The molecular formula is C20H19ClN4O. The summed E-state index contributed by atoms with van der Waals surface area (Å²) in [6.45, 7) is 4.02. The molecule has 6 heteroatoms. The number of aromatic nitrogens is 2. The summed E-state index contributed by atoms with van der Waals surface area (Å²) in [6.07, 6.45) is 2.50. The summed E-state index contributed by atoms with van der Waals surface area (Å²) in [6, 6.07) is 14.9. The van der Waals surface area contributed by atoms with Gasteiger partial charge in [-0.25, -0.2) is 9.97 Å². The molecule has 26 heavy (non-hydrogen) atoms. The smallest absolute Gasteiger partial charge is 0.274 e. The number of nitrogens with zero attached hydrogens (tertiary/aromatic N) is 2. The number of nitrogens with one attached hydrogen (secondary N) is 2. The molecule has 132 valence electrons. The van der Waals surface area contributed by atoms with Gasteiger partial charge in [0, 0.05) is 22.6 Å². The number of halogens is 1. The number of hydrogen-bond donors (Lipinski definition) is 2. The summed E-state index contributed by atoms with van der Waals surface area (Å²) in [5.74, 6) is 0.0422. The van der Waals surface area contributed by atoms with Crippen LogP contribution in [0.1, 0.15) is 28.5 Å². The molecular weight excluding hydrogens is 348 g/mol. The Bertz CT molecular complexity index is 925. The molecule has 0 atom stereocenters. The maximum Gasteiger partial charge on any atom is 0.274 e. The Morgan fingerprint density at radius 2 is 1.81 bits per heavy atom. The number of aryl methyl sites for hydroxylation is 2. The lowest BCUT2D eigenvalue weighted by molar-refractivity contribution is 0.102. The molecule has 5 nitrogen and oxygen atoms in total. The van der Waals surface area contributed by atoms with Crippen LogP contribution in [0.15, 0.2) is 54.7 Å². The second-order valence-corrected chi connectivity index (χ2v) is 6.27. The molecule has 0 aliphatic heterocycles. The third kappa shape index (κ3) is 4.37. The number of hydrogen-bond acceptors (Lipinski definition) is 4. The molecule has 0 unspecified atom stereocenters. The predicted octanol–water partition coefficient (Wildman–Crippen LogP) is 5.00. The fourth-order valence-electron chi connectivity index (χ4n) is 2.36. The van der Waals surface area contributed by atoms with Crippen molar-refractivity contribution in [3.63, 3.8) is 0 Å². The summed E-state index contributed by atoms with van der Waals surface area (Å²) < 4.78 is 0. The van der Waals surface area contributed by atoms with Crippen molar-refractivity contribution >= 4 is 34.8 Å². The molecule has 0 aliphatic rings. The van der Waals surface area contributed by atoms with Crippen molar-refractivity contribution in [1.82, 2.24) is 9.97 Å². The summed E-state index contributed by atoms with van der Waals surface area (Å²) in [7, 11) is 0. The number of carbonyl (C=O) groups excluding carboxylic acids is 1. The van der Waals surface area contributed by atoms with Crippen LogP contribution in [0.5, 0.6) is 0 Å². The van der Waals surface area contributed by atoms with E-state index in [1.165, 1.54) is 5.56 Å². The van der Waals surface area contributed by atoms with E-state index in [0.717, 1.165) is 23.4 Å². The standard InChI is InChI=1S/C20H19ClN4O/c1-3-14-5-8-15(9-6-14)23-19(26)18-10-11-22-20(25-18)24-16-7-4-13(2)17(21)12-16/h4-12H,3H2,1-2H3,(H,23,26)(H,22,24,25). The second kappa shape index (κ2) is 7.97. The average molecular weight is 367 g/mol. The van der Waals surface area contributed by atoms with Crippen molar-refractivity contribution in [3.05, 3.63) is 76.6 Å². The van der Waals surface area contributed by atoms with E-state index >= 15 is 0 Å². The zero-order chi connectivity index (χ0) is 18.5. The highest BCUT2D eigenvalue weighted by Crippen LogP contribution is 2.22. The zero-order valence-corrected chi connectivity index (χ0v) is 15.3. The van der Waals surface area contributed by atoms with Gasteiger partial charge in [-0.2, -0.15) is 0 Å². The first kappa shape index (κ1) is 17.9. The Kier molecular flexibility index (Phi) is 5.49. The normalized spacial score (nSPS) is 10.4. The van der Waals surface area contributed by atoms with Crippen LogP contribution in [-0.4, -0.2) is 15.9 Å². The van der Waals surface area contributed by atoms with E-state index in [9.17, 15) is 4.79 Å². The zero-order valence-electron chi connectivity index (χ0n) is 14.6. The van der Waals surface area contributed by atoms with Crippen molar-refractivity contribution in [2.75, 3.05) is 10.6 Å². The Labute approximate surface area is 157 Å². The number of anilines is 3. The largest absolute Gasteiger partial charge is 0.324 e. The molecule has 2 N–H and O–H groups in total. The van der Waals surface area contributed by atoms with Crippen LogP contribution >= 0.6 is 11.6 Å². The van der Waals surface area contributed by atoms with Crippen LogP contribution in [0.3, 0.4) is 0 Å². The molecule has 0 fully saturated rings. The summed E-state index contributed by atoms with van der Waals surface area (Å²) in [5, 5.41) is 6.55. The molecule has 0 aliphatic carbocycles. The Morgan fingerprint density at radius 1 is 1.08 bits per heavy atom. The van der Waals surface area contributed by atoms with Gasteiger partial charge in [0.05, 0.1) is 0 Å². The fraction of sp³-hybridized carbons (Fsp3) is 0.150. The first-order valence-corrected chi connectivity index (χ1v) is 8.69. The van der Waals surface area contributed by atoms with Gasteiger partial charge in [0.15, 0.2) is 0 Å². The van der Waals surface area contributed by atoms with Crippen LogP contribution in [0.2, 0.25) is 5.02 Å². The minimum Gasteiger partial charge on any atom is -0.324 e. The van der Waals surface area contributed by atoms with Gasteiger partial charge in [-0.05, 0) is 54.8 Å². The highest BCUT2D eigenvalue weighted by molar-refractivity contribution is 6.31. The molecule has 3 rings (SSSR count). The predicted molar refractivity (Wildman–Crippen MR) is 105 cm³/mol. The third-order valence-corrected chi connectivity index (χ3v) is 4.34. The molecule has 0 radical (unpaired) electrons. The topological polar surface area (TPSA) is 66.9 Å². The van der Waals surface area contributed by atoms with Crippen LogP contribution in [0.25, 0.3) is 0 Å². The van der Waals surface area contributed by atoms with Gasteiger partial charge >= 0.3 is 0 Å². The van der Waals surface area contributed by atoms with E-state index in [1.807, 2.05) is 43.3 Å². The van der Waals surface area contributed by atoms with Gasteiger partial charge in [0.2, 0.25) is 5.95 Å². The van der Waals surface area contributed by atoms with Crippen molar-refractivity contribution in [3.8, 4) is 0 Å². The van der Waals surface area contributed by atoms with E-state index in [-0.39, 0.29) is 11.6 Å². The number of amides is 1. The Hall–Kier alpha value is -2.92. The van der Waals surface area contributed by atoms with E-state index in [2.05, 4.69) is 27.5 Å². The Morgan fingerprint density at radius 3 is 2.50 bits per heavy atom. The second-order valence-electron chi connectivity index (χ2n) is 5.86. The van der Waals surface area contributed by atoms with Gasteiger partial charge in [0.1, 0.15) is 5.69 Å². The molecule has 0 saturated carbocycles. The molecule has 1 amide bonds. The summed E-state index contributed by atoms with van der Waals surface area (Å²) >= 11 is 6.13. The Balaban J connectivity index is 1.73. The number of carbonyl (C=O) groups is 1. The van der Waals surface area contributed by atoms with Crippen molar-refractivity contribution in [2.24, 2.45) is 0 Å². The minimum atomic E-state index is -0.290. The highest BCUT2D eigenvalue weighted by atomic mass is 35.5. The van der Waals surface area contributed by atoms with Gasteiger partial charge in [-0.3, -0.25) is 4.79 Å². The van der Waals surface area contributed by atoms with Crippen LogP contribution in [-0.2, 0) is 6.42 Å². The lowest BCUT2D eigenvalue weighted by atomic mass is 10.1. The monoisotopic (exact) mass is 366 g/mol. The summed E-state index contributed by atoms with van der Waals surface area (Å²) in [5.41, 5.74) is 3.97. The van der Waals surface area contributed by atoms with E-state index < -0.39 is 0 Å². The molecule has 3 aromatic rings. The lowest BCUT2D eigenvalue weighted by Crippen LogP contribution is -2.14. The van der Waals surface area contributed by atoms with Crippen molar-refractivity contribution in [2.45, 2.75) is 20.3 Å². The highest BCUT2D eigenvalue weighted by Gasteiger charge is 2.10. The van der Waals surface area contributed by atoms with Gasteiger partial charge in [0.25, 0.3) is 5.91 Å². The van der Waals surface area contributed by atoms with E-state index in [1.54, 1.807) is 18.3 Å². The molecule has 1 aromatic heterocycles. The first-order valence-electron chi connectivity index (χ1n) is 8.31. The first-order chi connectivity index (χ1) is 12.5. The average Bonchev–Trinajstić information content (AvgIpc) is 2.65. The van der Waals surface area contributed by atoms with Gasteiger partial charge < -0.3 is 10.6 Å².